The van der Waals surface area contributed by atoms with E-state index in [-0.39, 0.29) is 44.5 Å². The van der Waals surface area contributed by atoms with Crippen molar-refractivity contribution in [2.75, 3.05) is 0 Å². The molecular weight excluding hydrogens is 1390 g/mol. The van der Waals surface area contributed by atoms with E-state index in [1.165, 1.54) is 24.3 Å². The fourth-order valence-corrected chi connectivity index (χ4v) is 20.8. The normalized spacial score (nSPS) is 18.8. The van der Waals surface area contributed by atoms with E-state index in [4.69, 9.17) is 0 Å². The molecule has 0 saturated carbocycles. The van der Waals surface area contributed by atoms with Crippen molar-refractivity contribution in [3.63, 3.8) is 0 Å². The number of fused-ring (bicyclic) bond motifs is 16. The molecule has 0 N–H and O–H groups in total. The molecule has 4 aromatic heterocycles. The number of sulfone groups is 8. The van der Waals surface area contributed by atoms with Crippen molar-refractivity contribution < 1.29 is 67.3 Å². The van der Waals surface area contributed by atoms with Gasteiger partial charge >= 0.3 is 0 Å². The Morgan fingerprint density at radius 2 is 0.312 bits per heavy atom. The van der Waals surface area contributed by atoms with Crippen molar-refractivity contribution in [2.24, 2.45) is 0 Å². The van der Waals surface area contributed by atoms with Crippen LogP contribution in [0.25, 0.3) is 0 Å². The lowest BCUT2D eigenvalue weighted by atomic mass is 9.85. The van der Waals surface area contributed by atoms with Gasteiger partial charge in [-0.1, -0.05) is 156 Å². The van der Waals surface area contributed by atoms with Gasteiger partial charge in [0.15, 0.2) is 119 Å². The number of hydrogen-bond acceptors (Lipinski definition) is 24. The Morgan fingerprint density at radius 1 is 0.198 bits per heavy atom. The first-order valence-corrected chi connectivity index (χ1v) is 42.7. The summed E-state index contributed by atoms with van der Waals surface area (Å²) in [5.41, 5.74) is 2.56. The molecule has 24 nitrogen and oxygen atoms in total. The minimum Gasteiger partial charge on any atom is -0.225 e. The molecule has 0 saturated heterocycles. The average molecular weight is 1470 g/mol. The SMILES string of the molecule is CC(C)(C)c1cc2cc(c1)CS(=O)(=O)c1cc(ncn1)S(=O)(=O)Cc1cc(cc(C(C)(C)C)c1)CS(=O)(=O)c1cc(ncn1)S(=O)(=O)C2.CC(C)(C)c1cc2cc(c1)CS(=O)(=O)c1cc(ncn1)S(=O)(=O)Cc1cc(cc(C(C)(C)C)c1)CS(=O)(=O)c1cc(ncn1)S(=O)(=O)C2. The first kappa shape index (κ1) is 73.1. The van der Waals surface area contributed by atoms with E-state index in [1.807, 2.05) is 83.1 Å². The van der Waals surface area contributed by atoms with Crippen LogP contribution in [0, 0.1) is 0 Å². The van der Waals surface area contributed by atoms with Gasteiger partial charge in [-0.25, -0.2) is 107 Å². The lowest BCUT2D eigenvalue weighted by Gasteiger charge is -2.22. The van der Waals surface area contributed by atoms with Gasteiger partial charge in [-0.3, -0.25) is 0 Å². The molecule has 32 heteroatoms. The third-order valence-corrected chi connectivity index (χ3v) is 28.1. The van der Waals surface area contributed by atoms with E-state index in [2.05, 4.69) is 39.9 Å². The zero-order valence-electron chi connectivity index (χ0n) is 54.6. The molecule has 2 aliphatic heterocycles. The molecule has 2 aliphatic rings. The van der Waals surface area contributed by atoms with Crippen molar-refractivity contribution in [1.29, 1.82) is 0 Å². The molecule has 16 bridgehead atoms. The first-order chi connectivity index (χ1) is 43.9. The Balaban J connectivity index is 0.000000225. The number of aromatic nitrogens is 8. The molecule has 96 heavy (non-hydrogen) atoms. The third-order valence-electron chi connectivity index (χ3n) is 15.5. The Kier molecular flexibility index (Phi) is 19.5. The van der Waals surface area contributed by atoms with Crippen molar-refractivity contribution in [3.8, 4) is 0 Å². The van der Waals surface area contributed by atoms with Gasteiger partial charge in [0.25, 0.3) is 0 Å². The number of hydrogen-bond donors (Lipinski definition) is 0. The van der Waals surface area contributed by atoms with E-state index >= 15 is 0 Å². The quantitative estimate of drug-likeness (QED) is 0.129. The molecule has 10 rings (SSSR count). The highest BCUT2D eigenvalue weighted by molar-refractivity contribution is 7.93. The van der Waals surface area contributed by atoms with Gasteiger partial charge in [0, 0.05) is 24.3 Å². The molecule has 0 unspecified atom stereocenters. The highest BCUT2D eigenvalue weighted by Gasteiger charge is 2.33. The summed E-state index contributed by atoms with van der Waals surface area (Å²) in [6, 6.07) is 22.5. The summed E-state index contributed by atoms with van der Waals surface area (Å²) in [6.45, 7) is 22.6. The van der Waals surface area contributed by atoms with Crippen LogP contribution >= 0.6 is 0 Å². The molecule has 6 heterocycles. The maximum atomic E-state index is 13.6. The Bertz CT molecular complexity index is 4480. The van der Waals surface area contributed by atoms with Crippen LogP contribution in [0.4, 0.5) is 0 Å². The van der Waals surface area contributed by atoms with Gasteiger partial charge in [0.05, 0.1) is 46.0 Å². The number of benzene rings is 4. The molecule has 0 amide bonds. The molecule has 0 aliphatic carbocycles. The monoisotopic (exact) mass is 1460 g/mol. The summed E-state index contributed by atoms with van der Waals surface area (Å²) in [5.74, 6) is -4.83. The van der Waals surface area contributed by atoms with E-state index in [1.54, 1.807) is 48.5 Å². The zero-order valence-corrected chi connectivity index (χ0v) is 61.1. The Hall–Kier alpha value is -7.20. The van der Waals surface area contributed by atoms with Gasteiger partial charge < -0.3 is 0 Å². The highest BCUT2D eigenvalue weighted by atomic mass is 32.2. The smallest absolute Gasteiger partial charge is 0.199 e. The molecule has 0 atom stereocenters. The predicted octanol–water partition coefficient (Wildman–Crippen LogP) is 8.14. The molecular formula is C64H72N8O16S8. The Labute approximate surface area is 561 Å². The minimum absolute atomic E-state index is 0.252. The average Bonchev–Trinajstić information content (AvgIpc) is 0.789. The zero-order chi connectivity index (χ0) is 71.0. The van der Waals surface area contributed by atoms with Gasteiger partial charge in [0.1, 0.15) is 25.3 Å². The fourth-order valence-electron chi connectivity index (χ4n) is 10.4. The van der Waals surface area contributed by atoms with Crippen molar-refractivity contribution in [3.05, 3.63) is 189 Å². The van der Waals surface area contributed by atoms with Gasteiger partial charge in [-0.05, 0) is 88.4 Å². The van der Waals surface area contributed by atoms with Crippen LogP contribution in [0.1, 0.15) is 150 Å². The number of nitrogens with zero attached hydrogens (tertiary/aromatic N) is 8. The van der Waals surface area contributed by atoms with E-state index in [0.29, 0.717) is 22.3 Å². The fraction of sp³-hybridized carbons (Fsp3) is 0.375. The predicted molar refractivity (Wildman–Crippen MR) is 356 cm³/mol. The summed E-state index contributed by atoms with van der Waals surface area (Å²) in [5, 5.41) is -4.08. The van der Waals surface area contributed by atoms with Gasteiger partial charge in [0.2, 0.25) is 0 Å². The third kappa shape index (κ3) is 17.2. The Morgan fingerprint density at radius 3 is 0.417 bits per heavy atom. The van der Waals surface area contributed by atoms with E-state index in [0.717, 1.165) is 49.6 Å². The largest absolute Gasteiger partial charge is 0.225 e. The maximum absolute atomic E-state index is 13.6. The summed E-state index contributed by atoms with van der Waals surface area (Å²) in [6.07, 6.45) is 3.47. The topological polar surface area (TPSA) is 376 Å². The van der Waals surface area contributed by atoms with E-state index < -0.39 is 187 Å². The first-order valence-electron chi connectivity index (χ1n) is 29.5. The van der Waals surface area contributed by atoms with Crippen LogP contribution in [-0.4, -0.2) is 107 Å². The van der Waals surface area contributed by atoms with Crippen molar-refractivity contribution >= 4 is 78.7 Å². The highest BCUT2D eigenvalue weighted by Crippen LogP contribution is 2.35. The summed E-state index contributed by atoms with van der Waals surface area (Å²) < 4.78 is 218. The van der Waals surface area contributed by atoms with Crippen LogP contribution in [0.2, 0.25) is 0 Å². The van der Waals surface area contributed by atoms with Crippen molar-refractivity contribution in [2.45, 2.75) is 191 Å². The lowest BCUT2D eigenvalue weighted by Crippen LogP contribution is -2.17. The molecule has 8 aromatic rings. The van der Waals surface area contributed by atoms with Gasteiger partial charge in [-0.15, -0.1) is 0 Å². The summed E-state index contributed by atoms with van der Waals surface area (Å²) in [7, 11) is -33.9. The molecule has 0 radical (unpaired) electrons. The minimum atomic E-state index is -4.24. The summed E-state index contributed by atoms with van der Waals surface area (Å²) >= 11 is 0. The van der Waals surface area contributed by atoms with Crippen LogP contribution in [-0.2, 0) is 146 Å². The lowest BCUT2D eigenvalue weighted by molar-refractivity contribution is 0.578. The maximum Gasteiger partial charge on any atom is 0.199 e. The van der Waals surface area contributed by atoms with Crippen LogP contribution in [0.5, 0.6) is 0 Å². The second-order valence-electron chi connectivity index (χ2n) is 28.0. The standard InChI is InChI=1S/2C32H36N4O8S4/c2*1-31(2,3)25-9-21-7-22(10-25)16-46(39,40)28-14-30(36-20-34-28)48(43,44)18-24-8-23(11-26(12-24)32(4,5)6)17-47(41,42)29-13-27(33-19-35-29)45(37,38)15-21/h2*7-14,19-20H,15-18H2,1-6H3. The van der Waals surface area contributed by atoms with Crippen LogP contribution in [0.15, 0.2) is 163 Å². The van der Waals surface area contributed by atoms with Gasteiger partial charge in [-0.2, -0.15) is 0 Å². The molecule has 512 valence electrons. The summed E-state index contributed by atoms with van der Waals surface area (Å²) in [4.78, 5) is 31.0. The van der Waals surface area contributed by atoms with Crippen molar-refractivity contribution in [1.82, 2.24) is 39.9 Å². The van der Waals surface area contributed by atoms with Crippen LogP contribution < -0.4 is 0 Å². The molecule has 4 aromatic carbocycles. The van der Waals surface area contributed by atoms with E-state index in [9.17, 15) is 67.3 Å². The second-order valence-corrected chi connectivity index (χ2v) is 43.5. The molecule has 0 fully saturated rings. The van der Waals surface area contributed by atoms with Crippen LogP contribution in [0.3, 0.4) is 0 Å². The second kappa shape index (κ2) is 25.6. The molecule has 0 spiro atoms. The number of rotatable bonds is 0.